The van der Waals surface area contributed by atoms with Crippen molar-refractivity contribution in [3.63, 3.8) is 0 Å². The number of nitrogens with one attached hydrogen (secondary N) is 2. The van der Waals surface area contributed by atoms with Crippen LogP contribution in [0.25, 0.3) is 11.3 Å². The third-order valence-electron chi connectivity index (χ3n) is 5.58. The van der Waals surface area contributed by atoms with Crippen molar-refractivity contribution >= 4 is 51.6 Å². The third-order valence-corrected chi connectivity index (χ3v) is 7.61. The molecule has 4 rings (SSSR count). The van der Waals surface area contributed by atoms with Crippen molar-refractivity contribution < 1.29 is 14.3 Å². The van der Waals surface area contributed by atoms with Crippen LogP contribution < -0.4 is 15.4 Å². The van der Waals surface area contributed by atoms with Gasteiger partial charge in [-0.2, -0.15) is 0 Å². The van der Waals surface area contributed by atoms with Gasteiger partial charge >= 0.3 is 0 Å². The van der Waals surface area contributed by atoms with Gasteiger partial charge in [0.1, 0.15) is 5.75 Å². The molecule has 2 N–H and O–H groups in total. The molecule has 4 aromatic rings. The molecular weight excluding hydrogens is 544 g/mol. The fraction of sp³-hybridized carbons (Fsp3) is 0.269. The lowest BCUT2D eigenvalue weighted by molar-refractivity contribution is -0.127. The number of halogens is 1. The number of benzene rings is 2. The van der Waals surface area contributed by atoms with Crippen LogP contribution in [0.3, 0.4) is 0 Å². The molecule has 0 fully saturated rings. The molecule has 0 aliphatic rings. The molecule has 0 aliphatic heterocycles. The number of rotatable bonds is 11. The van der Waals surface area contributed by atoms with Crippen molar-refractivity contribution in [1.29, 1.82) is 0 Å². The van der Waals surface area contributed by atoms with Gasteiger partial charge in [0.25, 0.3) is 5.91 Å². The summed E-state index contributed by atoms with van der Waals surface area (Å²) in [5.41, 5.74) is 2.89. The number of hydrogen-bond acceptors (Lipinski definition) is 8. The highest BCUT2D eigenvalue weighted by atomic mass is 35.5. The maximum atomic E-state index is 12.5. The lowest BCUT2D eigenvalue weighted by atomic mass is 10.2. The molecule has 0 saturated carbocycles. The maximum Gasteiger partial charge on any atom is 0.261 e. The van der Waals surface area contributed by atoms with Gasteiger partial charge in [0.05, 0.1) is 18.0 Å². The molecule has 198 valence electrons. The first-order valence-electron chi connectivity index (χ1n) is 11.9. The smallest absolute Gasteiger partial charge is 0.261 e. The standard InChI is InChI=1S/C26H27ClN6O3S2/c1-4-17-5-11-20(12-6-17)36-16(2)24(35)28-13-22-31-32-26(33(22)3)38-15-23(34)30-25-29-21(14-37-25)18-7-9-19(27)10-8-18/h5-12,14,16H,4,13,15H2,1-3H3,(H,28,35)(H,29,30,34)/t16-/m1/s1. The number of anilines is 1. The zero-order valence-corrected chi connectivity index (χ0v) is 23.5. The Labute approximate surface area is 234 Å². The van der Waals surface area contributed by atoms with Crippen LogP contribution in [0, 0.1) is 0 Å². The molecular formula is C26H27ClN6O3S2. The molecule has 0 aliphatic carbocycles. The van der Waals surface area contributed by atoms with Crippen LogP contribution in [0.4, 0.5) is 5.13 Å². The van der Waals surface area contributed by atoms with Gasteiger partial charge in [0.2, 0.25) is 5.91 Å². The van der Waals surface area contributed by atoms with Crippen LogP contribution in [-0.4, -0.2) is 43.4 Å². The van der Waals surface area contributed by atoms with Crippen molar-refractivity contribution in [1.82, 2.24) is 25.1 Å². The molecule has 0 bridgehead atoms. The number of amides is 2. The first-order valence-corrected chi connectivity index (χ1v) is 14.1. The van der Waals surface area contributed by atoms with Crippen molar-refractivity contribution in [3.05, 3.63) is 70.3 Å². The summed E-state index contributed by atoms with van der Waals surface area (Å²) in [7, 11) is 1.79. The average molecular weight is 571 g/mol. The van der Waals surface area contributed by atoms with E-state index in [2.05, 4.69) is 32.7 Å². The number of ether oxygens (including phenoxy) is 1. The molecule has 2 aromatic heterocycles. The molecule has 9 nitrogen and oxygen atoms in total. The molecule has 2 heterocycles. The van der Waals surface area contributed by atoms with Crippen molar-refractivity contribution in [3.8, 4) is 17.0 Å². The van der Waals surface area contributed by atoms with E-state index >= 15 is 0 Å². The van der Waals surface area contributed by atoms with Crippen LogP contribution in [-0.2, 0) is 29.6 Å². The van der Waals surface area contributed by atoms with Gasteiger partial charge in [-0.05, 0) is 43.2 Å². The Balaban J connectivity index is 1.23. The Morgan fingerprint density at radius 2 is 1.87 bits per heavy atom. The maximum absolute atomic E-state index is 12.5. The second-order valence-electron chi connectivity index (χ2n) is 8.31. The van der Waals surface area contributed by atoms with Crippen LogP contribution in [0.1, 0.15) is 25.2 Å². The number of hydrogen-bond donors (Lipinski definition) is 2. The Kier molecular flexibility index (Phi) is 9.38. The lowest BCUT2D eigenvalue weighted by Gasteiger charge is -2.15. The van der Waals surface area contributed by atoms with Gasteiger partial charge in [-0.15, -0.1) is 21.5 Å². The number of aryl methyl sites for hydroxylation is 1. The second-order valence-corrected chi connectivity index (χ2v) is 10.6. The van der Waals surface area contributed by atoms with Crippen molar-refractivity contribution in [2.24, 2.45) is 7.05 Å². The number of aromatic nitrogens is 4. The fourth-order valence-electron chi connectivity index (χ4n) is 3.37. The van der Waals surface area contributed by atoms with Gasteiger partial charge in [-0.25, -0.2) is 4.98 Å². The molecule has 0 radical (unpaired) electrons. The van der Waals surface area contributed by atoms with Crippen LogP contribution in [0.15, 0.2) is 59.1 Å². The quantitative estimate of drug-likeness (QED) is 0.245. The van der Waals surface area contributed by atoms with Gasteiger partial charge in [0.15, 0.2) is 22.2 Å². The largest absolute Gasteiger partial charge is 0.481 e. The number of nitrogens with zero attached hydrogens (tertiary/aromatic N) is 4. The molecule has 12 heteroatoms. The zero-order valence-electron chi connectivity index (χ0n) is 21.1. The normalized spacial score (nSPS) is 11.7. The topological polar surface area (TPSA) is 111 Å². The average Bonchev–Trinajstić information content (AvgIpc) is 3.53. The molecule has 2 amide bonds. The Bertz CT molecular complexity index is 1390. The molecule has 0 spiro atoms. The predicted molar refractivity (Wildman–Crippen MR) is 151 cm³/mol. The third kappa shape index (κ3) is 7.33. The van der Waals surface area contributed by atoms with E-state index in [9.17, 15) is 9.59 Å². The van der Waals surface area contributed by atoms with Crippen molar-refractivity contribution in [2.75, 3.05) is 11.1 Å². The summed E-state index contributed by atoms with van der Waals surface area (Å²) in [4.78, 5) is 29.4. The summed E-state index contributed by atoms with van der Waals surface area (Å²) >= 11 is 8.54. The van der Waals surface area contributed by atoms with E-state index in [-0.39, 0.29) is 24.1 Å². The number of thioether (sulfide) groups is 1. The highest BCUT2D eigenvalue weighted by Gasteiger charge is 2.17. The van der Waals surface area contributed by atoms with Gasteiger partial charge in [-0.1, -0.05) is 54.6 Å². The molecule has 0 unspecified atom stereocenters. The summed E-state index contributed by atoms with van der Waals surface area (Å²) < 4.78 is 7.48. The summed E-state index contributed by atoms with van der Waals surface area (Å²) in [5.74, 6) is 0.869. The molecule has 0 saturated heterocycles. The van der Waals surface area contributed by atoms with Crippen LogP contribution in [0.5, 0.6) is 5.75 Å². The number of carbonyl (C=O) groups excluding carboxylic acids is 2. The van der Waals surface area contributed by atoms with Gasteiger partial charge < -0.3 is 19.9 Å². The summed E-state index contributed by atoms with van der Waals surface area (Å²) in [6.45, 7) is 3.96. The van der Waals surface area contributed by atoms with E-state index in [1.807, 2.05) is 41.8 Å². The molecule has 1 atom stereocenters. The highest BCUT2D eigenvalue weighted by Crippen LogP contribution is 2.26. The monoisotopic (exact) mass is 570 g/mol. The SMILES string of the molecule is CCc1ccc(O[C@H](C)C(=O)NCc2nnc(SCC(=O)Nc3nc(-c4ccc(Cl)cc4)cs3)n2C)cc1. The predicted octanol–water partition coefficient (Wildman–Crippen LogP) is 4.97. The first kappa shape index (κ1) is 27.6. The van der Waals surface area contributed by atoms with Crippen LogP contribution in [0.2, 0.25) is 5.02 Å². The zero-order chi connectivity index (χ0) is 27.1. The van der Waals surface area contributed by atoms with E-state index in [0.29, 0.717) is 26.9 Å². The lowest BCUT2D eigenvalue weighted by Crippen LogP contribution is -2.36. The van der Waals surface area contributed by atoms with E-state index in [0.717, 1.165) is 17.7 Å². The minimum absolute atomic E-state index is 0.135. The van der Waals surface area contributed by atoms with Gasteiger partial charge in [0, 0.05) is 23.0 Å². The fourth-order valence-corrected chi connectivity index (χ4v) is 4.96. The Hall–Kier alpha value is -3.41. The molecule has 2 aromatic carbocycles. The molecule has 38 heavy (non-hydrogen) atoms. The van der Waals surface area contributed by atoms with Gasteiger partial charge in [-0.3, -0.25) is 9.59 Å². The first-order chi connectivity index (χ1) is 18.3. The number of carbonyl (C=O) groups is 2. The minimum Gasteiger partial charge on any atom is -0.481 e. The summed E-state index contributed by atoms with van der Waals surface area (Å²) in [5, 5.41) is 17.5. The van der Waals surface area contributed by atoms with E-state index < -0.39 is 6.10 Å². The van der Waals surface area contributed by atoms with E-state index in [1.54, 1.807) is 30.7 Å². The van der Waals surface area contributed by atoms with E-state index in [1.165, 1.54) is 28.7 Å². The number of thiazole rings is 1. The Morgan fingerprint density at radius 1 is 1.13 bits per heavy atom. The Morgan fingerprint density at radius 3 is 2.58 bits per heavy atom. The van der Waals surface area contributed by atoms with Crippen molar-refractivity contribution in [2.45, 2.75) is 38.1 Å². The summed E-state index contributed by atoms with van der Waals surface area (Å²) in [6.07, 6.45) is 0.274. The highest BCUT2D eigenvalue weighted by molar-refractivity contribution is 7.99. The van der Waals surface area contributed by atoms with Crippen LogP contribution >= 0.6 is 34.7 Å². The van der Waals surface area contributed by atoms with E-state index in [4.69, 9.17) is 16.3 Å². The second kappa shape index (κ2) is 12.9. The minimum atomic E-state index is -0.667. The summed E-state index contributed by atoms with van der Waals surface area (Å²) in [6, 6.07) is 15.0.